The van der Waals surface area contributed by atoms with E-state index in [1.54, 1.807) is 0 Å². The van der Waals surface area contributed by atoms with E-state index in [2.05, 4.69) is 15.9 Å². The monoisotopic (exact) mass is 327 g/mol. The SMILES string of the molecule is CCCN(CC(=O)CBr)C(=O)OCc1ccccc1. The normalized spacial score (nSPS) is 10.0. The third kappa shape index (κ3) is 5.87. The number of ketones is 1. The van der Waals surface area contributed by atoms with Crippen LogP contribution in [0.15, 0.2) is 30.3 Å². The van der Waals surface area contributed by atoms with Crippen LogP contribution in [0.3, 0.4) is 0 Å². The first-order valence-electron chi connectivity index (χ1n) is 6.20. The standard InChI is InChI=1S/C14H18BrNO3/c1-2-8-16(10-13(17)9-15)14(18)19-11-12-6-4-3-5-7-12/h3-7H,2,8-11H2,1H3. The minimum absolute atomic E-state index is 0.0369. The fraction of sp³-hybridized carbons (Fsp3) is 0.429. The molecule has 0 saturated heterocycles. The number of ether oxygens (including phenoxy) is 1. The van der Waals surface area contributed by atoms with E-state index >= 15 is 0 Å². The van der Waals surface area contributed by atoms with Crippen LogP contribution in [0.25, 0.3) is 0 Å². The van der Waals surface area contributed by atoms with Gasteiger partial charge in [0.2, 0.25) is 0 Å². The van der Waals surface area contributed by atoms with Gasteiger partial charge in [0, 0.05) is 6.54 Å². The molecular formula is C14H18BrNO3. The summed E-state index contributed by atoms with van der Waals surface area (Å²) in [6.07, 6.45) is 0.343. The van der Waals surface area contributed by atoms with Crippen LogP contribution >= 0.6 is 15.9 Å². The molecule has 0 aliphatic heterocycles. The third-order valence-corrected chi connectivity index (χ3v) is 3.10. The van der Waals surface area contributed by atoms with Crippen molar-refractivity contribution in [2.75, 3.05) is 18.4 Å². The molecule has 1 amide bonds. The molecule has 0 aromatic heterocycles. The molecule has 104 valence electrons. The molecule has 0 unspecified atom stereocenters. The lowest BCUT2D eigenvalue weighted by Gasteiger charge is -2.20. The van der Waals surface area contributed by atoms with Crippen LogP contribution < -0.4 is 0 Å². The molecule has 0 radical (unpaired) electrons. The van der Waals surface area contributed by atoms with Crippen molar-refractivity contribution < 1.29 is 14.3 Å². The summed E-state index contributed by atoms with van der Waals surface area (Å²) in [5, 5.41) is 0.249. The van der Waals surface area contributed by atoms with E-state index in [1.165, 1.54) is 4.90 Å². The van der Waals surface area contributed by atoms with Crippen LogP contribution in [-0.2, 0) is 16.1 Å². The number of hydrogen-bond acceptors (Lipinski definition) is 3. The second-order valence-electron chi connectivity index (χ2n) is 4.13. The van der Waals surface area contributed by atoms with E-state index < -0.39 is 6.09 Å². The smallest absolute Gasteiger partial charge is 0.410 e. The molecule has 0 spiro atoms. The maximum atomic E-state index is 11.9. The molecule has 4 nitrogen and oxygen atoms in total. The fourth-order valence-electron chi connectivity index (χ4n) is 1.57. The molecule has 1 rings (SSSR count). The Hall–Kier alpha value is -1.36. The van der Waals surface area contributed by atoms with Crippen molar-refractivity contribution in [1.82, 2.24) is 4.90 Å². The summed E-state index contributed by atoms with van der Waals surface area (Å²) in [7, 11) is 0. The van der Waals surface area contributed by atoms with Gasteiger partial charge in [0.25, 0.3) is 0 Å². The molecule has 1 aromatic carbocycles. The number of carbonyl (C=O) groups excluding carboxylic acids is 2. The Morgan fingerprint density at radius 3 is 2.53 bits per heavy atom. The number of amides is 1. The van der Waals surface area contributed by atoms with Gasteiger partial charge in [-0.05, 0) is 12.0 Å². The maximum Gasteiger partial charge on any atom is 0.410 e. The second-order valence-corrected chi connectivity index (χ2v) is 4.69. The minimum Gasteiger partial charge on any atom is -0.445 e. The van der Waals surface area contributed by atoms with Crippen LogP contribution in [0.4, 0.5) is 4.79 Å². The average Bonchev–Trinajstić information content (AvgIpc) is 2.45. The number of halogens is 1. The van der Waals surface area contributed by atoms with E-state index in [9.17, 15) is 9.59 Å². The van der Waals surface area contributed by atoms with Crippen molar-refractivity contribution in [2.24, 2.45) is 0 Å². The predicted molar refractivity (Wildman–Crippen MR) is 77.3 cm³/mol. The van der Waals surface area contributed by atoms with Crippen molar-refractivity contribution in [3.8, 4) is 0 Å². The zero-order valence-corrected chi connectivity index (χ0v) is 12.6. The van der Waals surface area contributed by atoms with Gasteiger partial charge in [0.1, 0.15) is 6.61 Å². The van der Waals surface area contributed by atoms with Gasteiger partial charge in [-0.15, -0.1) is 0 Å². The Morgan fingerprint density at radius 1 is 1.26 bits per heavy atom. The van der Waals surface area contributed by atoms with Gasteiger partial charge in [0.15, 0.2) is 5.78 Å². The third-order valence-electron chi connectivity index (χ3n) is 2.47. The van der Waals surface area contributed by atoms with E-state index in [0.29, 0.717) is 6.54 Å². The Morgan fingerprint density at radius 2 is 1.95 bits per heavy atom. The maximum absolute atomic E-state index is 11.9. The fourth-order valence-corrected chi connectivity index (χ4v) is 1.75. The zero-order valence-electron chi connectivity index (χ0n) is 11.0. The van der Waals surface area contributed by atoms with E-state index in [-0.39, 0.29) is 24.3 Å². The zero-order chi connectivity index (χ0) is 14.1. The Kier molecular flexibility index (Phi) is 7.18. The highest BCUT2D eigenvalue weighted by Crippen LogP contribution is 2.04. The molecule has 0 saturated carbocycles. The molecule has 5 heteroatoms. The largest absolute Gasteiger partial charge is 0.445 e. The number of benzene rings is 1. The first-order valence-corrected chi connectivity index (χ1v) is 7.32. The molecule has 0 N–H and O–H groups in total. The van der Waals surface area contributed by atoms with Gasteiger partial charge in [-0.3, -0.25) is 4.79 Å². The summed E-state index contributed by atoms with van der Waals surface area (Å²) in [6, 6.07) is 9.47. The molecule has 0 bridgehead atoms. The van der Waals surface area contributed by atoms with Crippen LogP contribution in [0, 0.1) is 0 Å². The Labute approximate surface area is 121 Å². The topological polar surface area (TPSA) is 46.6 Å². The van der Waals surface area contributed by atoms with Crippen LogP contribution in [0.5, 0.6) is 0 Å². The van der Waals surface area contributed by atoms with Crippen LogP contribution in [-0.4, -0.2) is 35.2 Å². The molecule has 1 aromatic rings. The highest BCUT2D eigenvalue weighted by molar-refractivity contribution is 9.09. The molecule has 0 fully saturated rings. The van der Waals surface area contributed by atoms with Gasteiger partial charge in [0.05, 0.1) is 11.9 Å². The summed E-state index contributed by atoms with van der Waals surface area (Å²) in [5.74, 6) is -0.0369. The number of Topliss-reactive ketones (excluding diaryl/α,β-unsaturated/α-hetero) is 1. The summed E-state index contributed by atoms with van der Waals surface area (Å²) < 4.78 is 5.21. The number of carbonyl (C=O) groups is 2. The molecule has 0 aliphatic rings. The number of alkyl halides is 1. The Bertz CT molecular complexity index is 408. The summed E-state index contributed by atoms with van der Waals surface area (Å²) >= 11 is 3.09. The summed E-state index contributed by atoms with van der Waals surface area (Å²) in [5.41, 5.74) is 0.930. The van der Waals surface area contributed by atoms with Gasteiger partial charge in [-0.1, -0.05) is 53.2 Å². The molecule has 0 heterocycles. The van der Waals surface area contributed by atoms with Crippen LogP contribution in [0.1, 0.15) is 18.9 Å². The number of hydrogen-bond donors (Lipinski definition) is 0. The van der Waals surface area contributed by atoms with Gasteiger partial charge in [-0.2, -0.15) is 0 Å². The quantitative estimate of drug-likeness (QED) is 0.723. The van der Waals surface area contributed by atoms with Crippen molar-refractivity contribution >= 4 is 27.8 Å². The highest BCUT2D eigenvalue weighted by atomic mass is 79.9. The lowest BCUT2D eigenvalue weighted by atomic mass is 10.2. The van der Waals surface area contributed by atoms with Gasteiger partial charge >= 0.3 is 6.09 Å². The van der Waals surface area contributed by atoms with E-state index in [4.69, 9.17) is 4.74 Å². The number of rotatable bonds is 7. The van der Waals surface area contributed by atoms with Gasteiger partial charge < -0.3 is 9.64 Å². The first kappa shape index (κ1) is 15.7. The van der Waals surface area contributed by atoms with Crippen LogP contribution in [0.2, 0.25) is 0 Å². The predicted octanol–water partition coefficient (Wildman–Crippen LogP) is 3.00. The van der Waals surface area contributed by atoms with Gasteiger partial charge in [-0.25, -0.2) is 4.79 Å². The highest BCUT2D eigenvalue weighted by Gasteiger charge is 2.17. The minimum atomic E-state index is -0.444. The average molecular weight is 328 g/mol. The first-order chi connectivity index (χ1) is 9.17. The number of nitrogens with zero attached hydrogens (tertiary/aromatic N) is 1. The van der Waals surface area contributed by atoms with Crippen molar-refractivity contribution in [3.05, 3.63) is 35.9 Å². The molecule has 0 atom stereocenters. The van der Waals surface area contributed by atoms with Crippen molar-refractivity contribution in [1.29, 1.82) is 0 Å². The second kappa shape index (κ2) is 8.69. The lowest BCUT2D eigenvalue weighted by molar-refractivity contribution is -0.117. The molecule has 19 heavy (non-hydrogen) atoms. The van der Waals surface area contributed by atoms with E-state index in [1.807, 2.05) is 37.3 Å². The molecular weight excluding hydrogens is 310 g/mol. The summed E-state index contributed by atoms with van der Waals surface area (Å²) in [6.45, 7) is 2.79. The van der Waals surface area contributed by atoms with Crippen molar-refractivity contribution in [2.45, 2.75) is 20.0 Å². The lowest BCUT2D eigenvalue weighted by Crippen LogP contribution is -2.37. The summed E-state index contributed by atoms with van der Waals surface area (Å²) in [4.78, 5) is 24.7. The Balaban J connectivity index is 2.50. The molecule has 0 aliphatic carbocycles. The van der Waals surface area contributed by atoms with E-state index in [0.717, 1.165) is 12.0 Å². The van der Waals surface area contributed by atoms with Crippen molar-refractivity contribution in [3.63, 3.8) is 0 Å².